The molecule has 2 heterocycles. The maximum absolute atomic E-state index is 11.9. The maximum atomic E-state index is 11.9. The zero-order valence-corrected chi connectivity index (χ0v) is 7.86. The summed E-state index contributed by atoms with van der Waals surface area (Å²) in [6.45, 7) is 0.195. The Morgan fingerprint density at radius 2 is 2.00 bits per heavy atom. The molecule has 1 aromatic rings. The molecule has 0 aliphatic carbocycles. The van der Waals surface area contributed by atoms with Crippen molar-refractivity contribution in [3.05, 3.63) is 41.7 Å². The zero-order valence-electron chi connectivity index (χ0n) is 7.86. The molecule has 1 amide bonds. The largest absolute Gasteiger partial charge is 0.359 e. The SMILES string of the molecule is O=C1CN2C(=O)c3ccccc3NC=C12. The Morgan fingerprint density at radius 3 is 2.80 bits per heavy atom. The van der Waals surface area contributed by atoms with Crippen LogP contribution in [-0.4, -0.2) is 23.1 Å². The quantitative estimate of drug-likeness (QED) is 0.679. The minimum atomic E-state index is -0.110. The predicted molar refractivity (Wildman–Crippen MR) is 54.2 cm³/mol. The second-order valence-electron chi connectivity index (χ2n) is 3.53. The molecule has 1 N–H and O–H groups in total. The van der Waals surface area contributed by atoms with Gasteiger partial charge in [-0.25, -0.2) is 0 Å². The maximum Gasteiger partial charge on any atom is 0.260 e. The molecule has 4 nitrogen and oxygen atoms in total. The number of Topliss-reactive ketones (excluding diaryl/α,β-unsaturated/α-hetero) is 1. The van der Waals surface area contributed by atoms with E-state index in [0.29, 0.717) is 11.3 Å². The summed E-state index contributed by atoms with van der Waals surface area (Å²) in [4.78, 5) is 24.6. The fourth-order valence-corrected chi connectivity index (χ4v) is 1.80. The van der Waals surface area contributed by atoms with E-state index in [-0.39, 0.29) is 18.2 Å². The van der Waals surface area contributed by atoms with Gasteiger partial charge in [0, 0.05) is 6.20 Å². The molecule has 0 radical (unpaired) electrons. The monoisotopic (exact) mass is 200 g/mol. The molecule has 4 heteroatoms. The second kappa shape index (κ2) is 2.70. The number of anilines is 1. The van der Waals surface area contributed by atoms with Crippen LogP contribution in [-0.2, 0) is 4.79 Å². The van der Waals surface area contributed by atoms with Crippen LogP contribution in [0.3, 0.4) is 0 Å². The third kappa shape index (κ3) is 1.01. The first-order valence-electron chi connectivity index (χ1n) is 4.68. The van der Waals surface area contributed by atoms with Crippen LogP contribution in [0.5, 0.6) is 0 Å². The van der Waals surface area contributed by atoms with Gasteiger partial charge in [0.05, 0.1) is 17.8 Å². The Kier molecular flexibility index (Phi) is 1.48. The van der Waals surface area contributed by atoms with Crippen molar-refractivity contribution in [2.45, 2.75) is 0 Å². The number of benzene rings is 1. The molecule has 2 aliphatic rings. The molecule has 15 heavy (non-hydrogen) atoms. The number of nitrogens with one attached hydrogen (secondary N) is 1. The molecule has 2 aliphatic heterocycles. The molecule has 3 rings (SSSR count). The molecular formula is C11H8N2O2. The molecule has 1 aromatic carbocycles. The summed E-state index contributed by atoms with van der Waals surface area (Å²) >= 11 is 0. The van der Waals surface area contributed by atoms with Crippen molar-refractivity contribution in [1.82, 2.24) is 4.90 Å². The third-order valence-electron chi connectivity index (χ3n) is 2.65. The second-order valence-corrected chi connectivity index (χ2v) is 3.53. The molecule has 0 aromatic heterocycles. The highest BCUT2D eigenvalue weighted by molar-refractivity contribution is 6.14. The standard InChI is InChI=1S/C11H8N2O2/c14-10-6-13-9(10)5-12-8-4-2-1-3-7(8)11(13)15/h1-5,12H,6H2. The summed E-state index contributed by atoms with van der Waals surface area (Å²) in [5.41, 5.74) is 1.81. The highest BCUT2D eigenvalue weighted by Gasteiger charge is 2.37. The topological polar surface area (TPSA) is 49.4 Å². The number of nitrogens with zero attached hydrogens (tertiary/aromatic N) is 1. The van der Waals surface area contributed by atoms with Gasteiger partial charge in [0.2, 0.25) is 5.78 Å². The first-order chi connectivity index (χ1) is 7.27. The molecule has 0 atom stereocenters. The lowest BCUT2D eigenvalue weighted by Gasteiger charge is -2.30. The van der Waals surface area contributed by atoms with E-state index in [1.165, 1.54) is 4.90 Å². The molecule has 0 unspecified atom stereocenters. The number of ketones is 1. The normalized spacial score (nSPS) is 18.1. The van der Waals surface area contributed by atoms with Crippen LogP contribution in [0.15, 0.2) is 36.2 Å². The van der Waals surface area contributed by atoms with Gasteiger partial charge in [-0.1, -0.05) is 12.1 Å². The Balaban J connectivity index is 2.13. The van der Waals surface area contributed by atoms with Crippen LogP contribution in [0, 0.1) is 0 Å². The number of amides is 1. The van der Waals surface area contributed by atoms with E-state index in [4.69, 9.17) is 0 Å². The zero-order chi connectivity index (χ0) is 10.4. The Hall–Kier alpha value is -2.10. The van der Waals surface area contributed by atoms with Gasteiger partial charge < -0.3 is 5.32 Å². The van der Waals surface area contributed by atoms with E-state index in [0.717, 1.165) is 5.69 Å². The number of rotatable bonds is 0. The highest BCUT2D eigenvalue weighted by Crippen LogP contribution is 2.28. The summed E-state index contributed by atoms with van der Waals surface area (Å²) in [5, 5.41) is 2.97. The van der Waals surface area contributed by atoms with Gasteiger partial charge in [0.1, 0.15) is 5.70 Å². The number of carbonyl (C=O) groups is 2. The minimum absolute atomic E-state index is 0.00339. The third-order valence-corrected chi connectivity index (χ3v) is 2.65. The smallest absolute Gasteiger partial charge is 0.260 e. The Morgan fingerprint density at radius 1 is 1.20 bits per heavy atom. The van der Waals surface area contributed by atoms with Gasteiger partial charge in [-0.3, -0.25) is 14.5 Å². The highest BCUT2D eigenvalue weighted by atomic mass is 16.2. The van der Waals surface area contributed by atoms with Gasteiger partial charge in [0.25, 0.3) is 5.91 Å². The lowest BCUT2D eigenvalue weighted by molar-refractivity contribution is -0.122. The molecule has 74 valence electrons. The number of carbonyl (C=O) groups excluding carboxylic acids is 2. The molecule has 0 spiro atoms. The number of hydrogen-bond acceptors (Lipinski definition) is 3. The van der Waals surface area contributed by atoms with E-state index < -0.39 is 0 Å². The van der Waals surface area contributed by atoms with Crippen LogP contribution in [0.1, 0.15) is 10.4 Å². The van der Waals surface area contributed by atoms with Gasteiger partial charge in [0.15, 0.2) is 0 Å². The van der Waals surface area contributed by atoms with Crippen LogP contribution in [0.25, 0.3) is 0 Å². The van der Waals surface area contributed by atoms with E-state index in [1.807, 2.05) is 18.2 Å². The summed E-state index contributed by atoms with van der Waals surface area (Å²) in [5.74, 6) is -0.106. The summed E-state index contributed by atoms with van der Waals surface area (Å²) in [6, 6.07) is 7.23. The van der Waals surface area contributed by atoms with Crippen molar-refractivity contribution in [1.29, 1.82) is 0 Å². The van der Waals surface area contributed by atoms with Crippen LogP contribution in [0.4, 0.5) is 5.69 Å². The number of para-hydroxylation sites is 1. The summed E-state index contributed by atoms with van der Waals surface area (Å²) < 4.78 is 0. The van der Waals surface area contributed by atoms with Crippen LogP contribution >= 0.6 is 0 Å². The van der Waals surface area contributed by atoms with Crippen molar-refractivity contribution in [3.63, 3.8) is 0 Å². The fourth-order valence-electron chi connectivity index (χ4n) is 1.80. The Bertz CT molecular complexity index is 505. The van der Waals surface area contributed by atoms with E-state index in [2.05, 4.69) is 5.32 Å². The number of fused-ring (bicyclic) bond motifs is 2. The molecule has 1 fully saturated rings. The van der Waals surface area contributed by atoms with Gasteiger partial charge >= 0.3 is 0 Å². The van der Waals surface area contributed by atoms with Crippen molar-refractivity contribution in [3.8, 4) is 0 Å². The van der Waals surface area contributed by atoms with Gasteiger partial charge in [-0.05, 0) is 12.1 Å². The van der Waals surface area contributed by atoms with E-state index in [1.54, 1.807) is 12.3 Å². The number of hydrogen-bond donors (Lipinski definition) is 1. The van der Waals surface area contributed by atoms with Crippen LogP contribution < -0.4 is 5.32 Å². The predicted octanol–water partition coefficient (Wildman–Crippen LogP) is 0.978. The average Bonchev–Trinajstić information content (AvgIpc) is 2.35. The van der Waals surface area contributed by atoms with Crippen LogP contribution in [0.2, 0.25) is 0 Å². The Labute approximate surface area is 86.2 Å². The van der Waals surface area contributed by atoms with Crippen molar-refractivity contribution >= 4 is 17.4 Å². The lowest BCUT2D eigenvalue weighted by Crippen LogP contribution is -2.47. The average molecular weight is 200 g/mol. The van der Waals surface area contributed by atoms with Gasteiger partial charge in [-0.2, -0.15) is 0 Å². The van der Waals surface area contributed by atoms with E-state index >= 15 is 0 Å². The lowest BCUT2D eigenvalue weighted by atomic mass is 10.1. The molecular weight excluding hydrogens is 192 g/mol. The van der Waals surface area contributed by atoms with Crippen molar-refractivity contribution in [2.24, 2.45) is 0 Å². The summed E-state index contributed by atoms with van der Waals surface area (Å²) in [7, 11) is 0. The fraction of sp³-hybridized carbons (Fsp3) is 0.0909. The van der Waals surface area contributed by atoms with Gasteiger partial charge in [-0.15, -0.1) is 0 Å². The molecule has 0 bridgehead atoms. The first-order valence-corrected chi connectivity index (χ1v) is 4.68. The molecule has 1 saturated heterocycles. The molecule has 0 saturated carbocycles. The van der Waals surface area contributed by atoms with Crippen molar-refractivity contribution < 1.29 is 9.59 Å². The first kappa shape index (κ1) is 8.23. The van der Waals surface area contributed by atoms with E-state index in [9.17, 15) is 9.59 Å². The summed E-state index contributed by atoms with van der Waals surface area (Å²) in [6.07, 6.45) is 1.59. The van der Waals surface area contributed by atoms with Crippen molar-refractivity contribution in [2.75, 3.05) is 11.9 Å². The minimum Gasteiger partial charge on any atom is -0.359 e.